The van der Waals surface area contributed by atoms with E-state index in [-0.39, 0.29) is 18.3 Å². The predicted octanol–water partition coefficient (Wildman–Crippen LogP) is 4.05. The Morgan fingerprint density at radius 3 is 2.46 bits per heavy atom. The lowest BCUT2D eigenvalue weighted by Crippen LogP contribution is -2.15. The third kappa shape index (κ3) is 4.80. The lowest BCUT2D eigenvalue weighted by molar-refractivity contribution is 0.102. The van der Waals surface area contributed by atoms with Crippen LogP contribution in [0, 0.1) is 6.92 Å². The smallest absolute Gasteiger partial charge is 0.256 e. The first kappa shape index (κ1) is 19.6. The lowest BCUT2D eigenvalue weighted by Gasteiger charge is -2.14. The van der Waals surface area contributed by atoms with E-state index in [0.717, 1.165) is 5.56 Å². The zero-order valence-electron chi connectivity index (χ0n) is 14.1. The summed E-state index contributed by atoms with van der Waals surface area (Å²) in [4.78, 5) is 12.5. The van der Waals surface area contributed by atoms with E-state index < -0.39 is 0 Å². The fraction of sp³-hybridized carbons (Fsp3) is 0.278. The molecule has 0 unspecified atom stereocenters. The highest BCUT2D eigenvalue weighted by molar-refractivity contribution is 6.06. The summed E-state index contributed by atoms with van der Waals surface area (Å²) in [5.41, 5.74) is 8.29. The number of amides is 1. The summed E-state index contributed by atoms with van der Waals surface area (Å²) in [6.45, 7) is 6.73. The van der Waals surface area contributed by atoms with Gasteiger partial charge in [-0.05, 0) is 50.6 Å². The number of nitrogen functional groups attached to an aromatic ring is 1. The maximum absolute atomic E-state index is 12.5. The van der Waals surface area contributed by atoms with Gasteiger partial charge in [0.25, 0.3) is 5.91 Å². The highest BCUT2D eigenvalue weighted by atomic mass is 35.5. The van der Waals surface area contributed by atoms with Gasteiger partial charge >= 0.3 is 0 Å². The van der Waals surface area contributed by atoms with Gasteiger partial charge in [0.15, 0.2) is 0 Å². The Morgan fingerprint density at radius 1 is 1.08 bits per heavy atom. The fourth-order valence-electron chi connectivity index (χ4n) is 2.22. The number of hydrogen-bond donors (Lipinski definition) is 2. The number of hydrogen-bond acceptors (Lipinski definition) is 4. The molecule has 0 aliphatic rings. The largest absolute Gasteiger partial charge is 0.494 e. The molecule has 3 N–H and O–H groups in total. The summed E-state index contributed by atoms with van der Waals surface area (Å²) in [5.74, 6) is 1.05. The van der Waals surface area contributed by atoms with Crippen LogP contribution in [0.3, 0.4) is 0 Å². The van der Waals surface area contributed by atoms with Crippen LogP contribution in [0.5, 0.6) is 11.5 Å². The molecule has 0 atom stereocenters. The number of carbonyl (C=O) groups excluding carboxylic acids is 1. The van der Waals surface area contributed by atoms with Crippen molar-refractivity contribution >= 4 is 29.7 Å². The van der Waals surface area contributed by atoms with Gasteiger partial charge in [-0.1, -0.05) is 6.07 Å². The van der Waals surface area contributed by atoms with Gasteiger partial charge in [0.05, 0.1) is 18.9 Å². The van der Waals surface area contributed by atoms with Crippen LogP contribution in [0.25, 0.3) is 0 Å². The molecular weight excluding hydrogens is 328 g/mol. The monoisotopic (exact) mass is 350 g/mol. The van der Waals surface area contributed by atoms with Crippen LogP contribution in [0.15, 0.2) is 36.4 Å². The molecule has 0 aliphatic heterocycles. The van der Waals surface area contributed by atoms with Crippen molar-refractivity contribution in [1.82, 2.24) is 0 Å². The number of ether oxygens (including phenoxy) is 2. The summed E-state index contributed by atoms with van der Waals surface area (Å²) < 4.78 is 11.0. The molecule has 0 aromatic heterocycles. The standard InChI is InChI=1S/C18H22N2O3.ClH/c1-4-22-14-8-9-17(23-5-2)16(11-14)20-18(21)15-10-13(19)7-6-12(15)3;/h6-11H,4-5,19H2,1-3H3,(H,20,21);1H. The molecule has 0 saturated heterocycles. The zero-order valence-corrected chi connectivity index (χ0v) is 14.9. The van der Waals surface area contributed by atoms with Crippen LogP contribution in [-0.2, 0) is 0 Å². The van der Waals surface area contributed by atoms with Crippen molar-refractivity contribution in [3.8, 4) is 11.5 Å². The summed E-state index contributed by atoms with van der Waals surface area (Å²) >= 11 is 0. The number of halogens is 1. The fourth-order valence-corrected chi connectivity index (χ4v) is 2.22. The highest BCUT2D eigenvalue weighted by Gasteiger charge is 2.13. The number of anilines is 2. The highest BCUT2D eigenvalue weighted by Crippen LogP contribution is 2.30. The first-order valence-electron chi connectivity index (χ1n) is 7.62. The summed E-state index contributed by atoms with van der Waals surface area (Å²) in [7, 11) is 0. The number of nitrogens with two attached hydrogens (primary N) is 1. The minimum atomic E-state index is -0.232. The van der Waals surface area contributed by atoms with E-state index >= 15 is 0 Å². The molecule has 2 aromatic rings. The lowest BCUT2D eigenvalue weighted by atomic mass is 10.1. The second-order valence-electron chi connectivity index (χ2n) is 5.05. The van der Waals surface area contributed by atoms with Gasteiger partial charge in [-0.3, -0.25) is 4.79 Å². The van der Waals surface area contributed by atoms with Crippen molar-refractivity contribution < 1.29 is 14.3 Å². The first-order valence-corrected chi connectivity index (χ1v) is 7.62. The molecular formula is C18H23ClN2O3. The van der Waals surface area contributed by atoms with Crippen molar-refractivity contribution in [3.05, 3.63) is 47.5 Å². The van der Waals surface area contributed by atoms with Gasteiger partial charge in [0, 0.05) is 17.3 Å². The molecule has 1 amide bonds. The molecule has 0 bridgehead atoms. The van der Waals surface area contributed by atoms with Crippen molar-refractivity contribution in [1.29, 1.82) is 0 Å². The van der Waals surface area contributed by atoms with E-state index in [1.54, 1.807) is 24.3 Å². The molecule has 0 heterocycles. The molecule has 5 nitrogen and oxygen atoms in total. The van der Waals surface area contributed by atoms with Gasteiger partial charge in [0.1, 0.15) is 11.5 Å². The molecule has 0 saturated carbocycles. The average molecular weight is 351 g/mol. The van der Waals surface area contributed by atoms with Gasteiger partial charge in [0.2, 0.25) is 0 Å². The van der Waals surface area contributed by atoms with Crippen LogP contribution < -0.4 is 20.5 Å². The van der Waals surface area contributed by atoms with Gasteiger partial charge in [-0.2, -0.15) is 0 Å². The number of rotatable bonds is 6. The van der Waals surface area contributed by atoms with E-state index in [0.29, 0.717) is 41.7 Å². The van der Waals surface area contributed by atoms with Gasteiger partial charge < -0.3 is 20.5 Å². The normalized spacial score (nSPS) is 9.79. The topological polar surface area (TPSA) is 73.6 Å². The van der Waals surface area contributed by atoms with Crippen LogP contribution in [0.1, 0.15) is 29.8 Å². The Labute approximate surface area is 148 Å². The Kier molecular flexibility index (Phi) is 7.39. The summed E-state index contributed by atoms with van der Waals surface area (Å²) in [6, 6.07) is 10.6. The second kappa shape index (κ2) is 9.03. The predicted molar refractivity (Wildman–Crippen MR) is 99.6 cm³/mol. The Balaban J connectivity index is 0.00000288. The summed E-state index contributed by atoms with van der Waals surface area (Å²) in [5, 5.41) is 2.88. The van der Waals surface area contributed by atoms with Crippen LogP contribution in [0.2, 0.25) is 0 Å². The first-order chi connectivity index (χ1) is 11.0. The second-order valence-corrected chi connectivity index (χ2v) is 5.05. The van der Waals surface area contributed by atoms with E-state index in [2.05, 4.69) is 5.32 Å². The Bertz CT molecular complexity index is 705. The molecule has 130 valence electrons. The van der Waals surface area contributed by atoms with E-state index in [4.69, 9.17) is 15.2 Å². The third-order valence-electron chi connectivity index (χ3n) is 3.32. The van der Waals surface area contributed by atoms with Crippen molar-refractivity contribution in [2.24, 2.45) is 0 Å². The van der Waals surface area contributed by atoms with Crippen molar-refractivity contribution in [2.75, 3.05) is 24.3 Å². The molecule has 0 radical (unpaired) electrons. The van der Waals surface area contributed by atoms with Crippen LogP contribution in [-0.4, -0.2) is 19.1 Å². The molecule has 6 heteroatoms. The molecule has 0 aliphatic carbocycles. The Morgan fingerprint density at radius 2 is 1.79 bits per heavy atom. The molecule has 0 spiro atoms. The molecule has 0 fully saturated rings. The van der Waals surface area contributed by atoms with Crippen LogP contribution >= 0.6 is 12.4 Å². The van der Waals surface area contributed by atoms with Gasteiger partial charge in [-0.15, -0.1) is 12.4 Å². The van der Waals surface area contributed by atoms with E-state index in [1.165, 1.54) is 0 Å². The van der Waals surface area contributed by atoms with Crippen LogP contribution in [0.4, 0.5) is 11.4 Å². The maximum atomic E-state index is 12.5. The van der Waals surface area contributed by atoms with Crippen molar-refractivity contribution in [2.45, 2.75) is 20.8 Å². The number of carbonyl (C=O) groups is 1. The summed E-state index contributed by atoms with van der Waals surface area (Å²) in [6.07, 6.45) is 0. The van der Waals surface area contributed by atoms with Crippen molar-refractivity contribution in [3.63, 3.8) is 0 Å². The quantitative estimate of drug-likeness (QED) is 0.771. The SMILES string of the molecule is CCOc1ccc(OCC)c(NC(=O)c2cc(N)ccc2C)c1.Cl. The van der Waals surface area contributed by atoms with E-state index in [9.17, 15) is 4.79 Å². The molecule has 24 heavy (non-hydrogen) atoms. The average Bonchev–Trinajstić information content (AvgIpc) is 2.52. The maximum Gasteiger partial charge on any atom is 0.256 e. The minimum absolute atomic E-state index is 0. The number of nitrogens with one attached hydrogen (secondary N) is 1. The molecule has 2 rings (SSSR count). The number of aryl methyl sites for hydroxylation is 1. The molecule has 2 aromatic carbocycles. The number of benzene rings is 2. The zero-order chi connectivity index (χ0) is 16.8. The van der Waals surface area contributed by atoms with E-state index in [1.807, 2.05) is 32.9 Å². The third-order valence-corrected chi connectivity index (χ3v) is 3.32. The Hall–Kier alpha value is -2.40. The minimum Gasteiger partial charge on any atom is -0.494 e. The van der Waals surface area contributed by atoms with Gasteiger partial charge in [-0.25, -0.2) is 0 Å².